The van der Waals surface area contributed by atoms with E-state index >= 15 is 0 Å². The quantitative estimate of drug-likeness (QED) is 0.650. The molecule has 0 bridgehead atoms. The predicted octanol–water partition coefficient (Wildman–Crippen LogP) is 1.78. The van der Waals surface area contributed by atoms with Gasteiger partial charge in [0.1, 0.15) is 0 Å². The fourth-order valence-corrected chi connectivity index (χ4v) is 1.62. The van der Waals surface area contributed by atoms with E-state index in [0.717, 1.165) is 10.0 Å². The van der Waals surface area contributed by atoms with Crippen LogP contribution in [-0.4, -0.2) is 18.9 Å². The van der Waals surface area contributed by atoms with Gasteiger partial charge < -0.3 is 0 Å². The zero-order valence-corrected chi connectivity index (χ0v) is 9.88. The first-order valence-corrected chi connectivity index (χ1v) is 5.42. The van der Waals surface area contributed by atoms with Crippen LogP contribution in [0.1, 0.15) is 5.56 Å². The van der Waals surface area contributed by atoms with E-state index in [2.05, 4.69) is 27.2 Å². The second-order valence-corrected chi connectivity index (χ2v) is 3.97. The minimum absolute atomic E-state index is 0.136. The fraction of sp³-hybridized carbons (Fsp3) is 0.250. The molecule has 0 atom stereocenters. The van der Waals surface area contributed by atoms with Crippen LogP contribution in [0.2, 0.25) is 0 Å². The Hall–Kier alpha value is -1.11. The lowest BCUT2D eigenvalue weighted by molar-refractivity contribution is -0.117. The first-order valence-electron chi connectivity index (χ1n) is 4.63. The monoisotopic (exact) mass is 265 g/mol. The number of carbonyl (C=O) groups is 1. The highest BCUT2D eigenvalue weighted by molar-refractivity contribution is 9.10. The molecule has 0 heterocycles. The van der Waals surface area contributed by atoms with Gasteiger partial charge in [0.05, 0.1) is 13.1 Å². The maximum Gasteiger partial charge on any atom is 0.151 e. The third-order valence-corrected chi connectivity index (χ3v) is 2.67. The van der Waals surface area contributed by atoms with Crippen molar-refractivity contribution < 1.29 is 4.79 Å². The van der Waals surface area contributed by atoms with Crippen molar-refractivity contribution >= 4 is 21.7 Å². The standard InChI is InChI=1S/C12H12BrNO/c1-2-7-14-9-11(15)8-10-5-3-4-6-12(10)13/h1,3-6,14H,7-9H2. The number of benzene rings is 1. The summed E-state index contributed by atoms with van der Waals surface area (Å²) >= 11 is 3.40. The summed E-state index contributed by atoms with van der Waals surface area (Å²) in [7, 11) is 0. The predicted molar refractivity (Wildman–Crippen MR) is 64.6 cm³/mol. The lowest BCUT2D eigenvalue weighted by atomic mass is 10.1. The third kappa shape index (κ3) is 4.28. The van der Waals surface area contributed by atoms with Gasteiger partial charge in [0, 0.05) is 10.9 Å². The van der Waals surface area contributed by atoms with Crippen LogP contribution in [0.3, 0.4) is 0 Å². The molecule has 15 heavy (non-hydrogen) atoms. The van der Waals surface area contributed by atoms with Crippen LogP contribution in [0.25, 0.3) is 0 Å². The highest BCUT2D eigenvalue weighted by Crippen LogP contribution is 2.16. The van der Waals surface area contributed by atoms with Gasteiger partial charge in [-0.05, 0) is 11.6 Å². The number of hydrogen-bond acceptors (Lipinski definition) is 2. The molecule has 0 saturated carbocycles. The van der Waals surface area contributed by atoms with Crippen molar-refractivity contribution in [1.29, 1.82) is 0 Å². The first kappa shape index (κ1) is 12.0. The van der Waals surface area contributed by atoms with E-state index in [-0.39, 0.29) is 5.78 Å². The number of terminal acetylenes is 1. The van der Waals surface area contributed by atoms with Crippen molar-refractivity contribution in [3.8, 4) is 12.3 Å². The van der Waals surface area contributed by atoms with Gasteiger partial charge in [-0.25, -0.2) is 0 Å². The first-order chi connectivity index (χ1) is 7.24. The topological polar surface area (TPSA) is 29.1 Å². The molecule has 1 N–H and O–H groups in total. The molecular weight excluding hydrogens is 254 g/mol. The molecule has 1 aromatic carbocycles. The highest BCUT2D eigenvalue weighted by Gasteiger charge is 2.05. The molecule has 0 aliphatic rings. The lowest BCUT2D eigenvalue weighted by Crippen LogP contribution is -2.24. The van der Waals surface area contributed by atoms with Crippen molar-refractivity contribution in [3.63, 3.8) is 0 Å². The normalized spacial score (nSPS) is 9.60. The summed E-state index contributed by atoms with van der Waals surface area (Å²) in [5.41, 5.74) is 1.00. The van der Waals surface area contributed by atoms with Gasteiger partial charge in [-0.1, -0.05) is 40.0 Å². The second-order valence-electron chi connectivity index (χ2n) is 3.11. The molecule has 1 rings (SSSR count). The Morgan fingerprint density at radius 3 is 2.87 bits per heavy atom. The largest absolute Gasteiger partial charge is 0.299 e. The molecule has 0 saturated heterocycles. The van der Waals surface area contributed by atoms with Crippen LogP contribution in [-0.2, 0) is 11.2 Å². The summed E-state index contributed by atoms with van der Waals surface area (Å²) in [6.45, 7) is 0.757. The Kier molecular flexibility index (Phi) is 5.09. The van der Waals surface area contributed by atoms with E-state index in [4.69, 9.17) is 6.42 Å². The zero-order chi connectivity index (χ0) is 11.1. The van der Waals surface area contributed by atoms with E-state index in [9.17, 15) is 4.79 Å². The van der Waals surface area contributed by atoms with Gasteiger partial charge in [0.25, 0.3) is 0 Å². The molecule has 2 nitrogen and oxygen atoms in total. The Bertz CT molecular complexity index is 381. The smallest absolute Gasteiger partial charge is 0.151 e. The molecule has 0 aliphatic carbocycles. The zero-order valence-electron chi connectivity index (χ0n) is 8.29. The lowest BCUT2D eigenvalue weighted by Gasteiger charge is -2.03. The van der Waals surface area contributed by atoms with Crippen molar-refractivity contribution in [1.82, 2.24) is 5.32 Å². The van der Waals surface area contributed by atoms with Gasteiger partial charge in [0.15, 0.2) is 5.78 Å². The summed E-state index contributed by atoms with van der Waals surface area (Å²) in [4.78, 5) is 11.5. The van der Waals surface area contributed by atoms with Crippen LogP contribution < -0.4 is 5.32 Å². The van der Waals surface area contributed by atoms with Crippen LogP contribution in [0.4, 0.5) is 0 Å². The maximum atomic E-state index is 11.5. The summed E-state index contributed by atoms with van der Waals surface area (Å²) in [6.07, 6.45) is 5.49. The molecule has 0 unspecified atom stereocenters. The number of carbonyl (C=O) groups excluding carboxylic acids is 1. The fourth-order valence-electron chi connectivity index (χ4n) is 1.19. The van der Waals surface area contributed by atoms with Crippen molar-refractivity contribution in [3.05, 3.63) is 34.3 Å². The van der Waals surface area contributed by atoms with Gasteiger partial charge in [-0.15, -0.1) is 6.42 Å². The molecule has 0 spiro atoms. The van der Waals surface area contributed by atoms with Crippen LogP contribution >= 0.6 is 15.9 Å². The second kappa shape index (κ2) is 6.39. The van der Waals surface area contributed by atoms with Crippen LogP contribution in [0, 0.1) is 12.3 Å². The summed E-state index contributed by atoms with van der Waals surface area (Å²) in [6, 6.07) is 7.71. The van der Waals surface area contributed by atoms with E-state index in [1.807, 2.05) is 24.3 Å². The van der Waals surface area contributed by atoms with Crippen molar-refractivity contribution in [2.24, 2.45) is 0 Å². The number of ketones is 1. The average molecular weight is 266 g/mol. The minimum atomic E-state index is 0.136. The van der Waals surface area contributed by atoms with Crippen molar-refractivity contribution in [2.75, 3.05) is 13.1 Å². The average Bonchev–Trinajstić information content (AvgIpc) is 2.22. The highest BCUT2D eigenvalue weighted by atomic mass is 79.9. The Morgan fingerprint density at radius 2 is 2.20 bits per heavy atom. The molecule has 3 heteroatoms. The van der Waals surface area contributed by atoms with E-state index in [1.165, 1.54) is 0 Å². The summed E-state index contributed by atoms with van der Waals surface area (Å²) in [5, 5.41) is 2.87. The molecule has 78 valence electrons. The van der Waals surface area contributed by atoms with E-state index in [0.29, 0.717) is 19.5 Å². The Morgan fingerprint density at radius 1 is 1.47 bits per heavy atom. The molecule has 0 amide bonds. The van der Waals surface area contributed by atoms with Gasteiger partial charge in [-0.2, -0.15) is 0 Å². The van der Waals surface area contributed by atoms with Crippen LogP contribution in [0.15, 0.2) is 28.7 Å². The summed E-state index contributed by atoms with van der Waals surface area (Å²) in [5.74, 6) is 2.56. The maximum absolute atomic E-state index is 11.5. The number of Topliss-reactive ketones (excluding diaryl/α,β-unsaturated/α-hetero) is 1. The molecule has 1 aromatic rings. The number of nitrogens with one attached hydrogen (secondary N) is 1. The Balaban J connectivity index is 2.45. The number of halogens is 1. The SMILES string of the molecule is C#CCNCC(=O)Cc1ccccc1Br. The van der Waals surface area contributed by atoms with E-state index < -0.39 is 0 Å². The molecule has 0 aromatic heterocycles. The molecule has 0 radical (unpaired) electrons. The molecule has 0 fully saturated rings. The van der Waals surface area contributed by atoms with Gasteiger partial charge >= 0.3 is 0 Å². The molecule has 0 aliphatic heterocycles. The third-order valence-electron chi connectivity index (χ3n) is 1.89. The number of hydrogen-bond donors (Lipinski definition) is 1. The van der Waals surface area contributed by atoms with Crippen molar-refractivity contribution in [2.45, 2.75) is 6.42 Å². The van der Waals surface area contributed by atoms with Gasteiger partial charge in [-0.3, -0.25) is 10.1 Å². The minimum Gasteiger partial charge on any atom is -0.299 e. The molecular formula is C12H12BrNO. The van der Waals surface area contributed by atoms with E-state index in [1.54, 1.807) is 0 Å². The van der Waals surface area contributed by atoms with Crippen LogP contribution in [0.5, 0.6) is 0 Å². The van der Waals surface area contributed by atoms with Gasteiger partial charge in [0.2, 0.25) is 0 Å². The summed E-state index contributed by atoms with van der Waals surface area (Å²) < 4.78 is 0.968. The number of rotatable bonds is 5. The Labute approximate surface area is 98.2 Å².